The Balaban J connectivity index is 1.32. The molecule has 202 valence electrons. The van der Waals surface area contributed by atoms with E-state index in [1.165, 1.54) is 12.1 Å². The van der Waals surface area contributed by atoms with Crippen molar-refractivity contribution in [3.05, 3.63) is 58.4 Å². The fourth-order valence-electron chi connectivity index (χ4n) is 5.46. The maximum atomic E-state index is 13.4. The maximum absolute atomic E-state index is 13.4. The van der Waals surface area contributed by atoms with E-state index in [1.54, 1.807) is 0 Å². The van der Waals surface area contributed by atoms with Crippen molar-refractivity contribution in [1.82, 2.24) is 0 Å². The quantitative estimate of drug-likeness (QED) is 0.301. The van der Waals surface area contributed by atoms with Crippen molar-refractivity contribution in [2.45, 2.75) is 49.5 Å². The SMILES string of the molecule is O=C(Nc1cc(F)c(F)c(F)c1)c1ccc(Cl)c(S(=O)(=O)CCCCOC2C3CC[C@H]2CC(CO)C3)c1. The molecule has 0 aliphatic heterocycles. The van der Waals surface area contributed by atoms with Gasteiger partial charge in [-0.15, -0.1) is 0 Å². The normalized spacial score (nSPS) is 23.3. The number of amides is 1. The molecule has 11 heteroatoms. The lowest BCUT2D eigenvalue weighted by molar-refractivity contribution is -0.0385. The molecule has 2 aromatic carbocycles. The monoisotopic (exact) mass is 559 g/mol. The predicted molar refractivity (Wildman–Crippen MR) is 133 cm³/mol. The van der Waals surface area contributed by atoms with Crippen LogP contribution in [0.3, 0.4) is 0 Å². The van der Waals surface area contributed by atoms with Gasteiger partial charge < -0.3 is 15.2 Å². The predicted octanol–water partition coefficient (Wildman–Crippen LogP) is 5.38. The van der Waals surface area contributed by atoms with Gasteiger partial charge in [-0.25, -0.2) is 21.6 Å². The Bertz CT molecular complexity index is 1220. The molecule has 2 saturated carbocycles. The molecule has 2 bridgehead atoms. The number of carbonyl (C=O) groups is 1. The molecule has 37 heavy (non-hydrogen) atoms. The molecular weight excluding hydrogens is 531 g/mol. The first kappa shape index (κ1) is 27.9. The molecule has 2 fully saturated rings. The molecule has 1 amide bonds. The Kier molecular flexibility index (Phi) is 8.83. The smallest absolute Gasteiger partial charge is 0.255 e. The molecule has 2 N–H and O–H groups in total. The summed E-state index contributed by atoms with van der Waals surface area (Å²) in [5, 5.41) is 11.6. The Morgan fingerprint density at radius 3 is 2.32 bits per heavy atom. The van der Waals surface area contributed by atoms with Gasteiger partial charge in [0.1, 0.15) is 0 Å². The van der Waals surface area contributed by atoms with Crippen molar-refractivity contribution in [2.75, 3.05) is 24.3 Å². The molecule has 2 aliphatic carbocycles. The van der Waals surface area contributed by atoms with Gasteiger partial charge >= 0.3 is 0 Å². The number of fused-ring (bicyclic) bond motifs is 2. The molecule has 3 unspecified atom stereocenters. The zero-order chi connectivity index (χ0) is 26.7. The van der Waals surface area contributed by atoms with Gasteiger partial charge in [-0.05, 0) is 74.5 Å². The summed E-state index contributed by atoms with van der Waals surface area (Å²) in [5.74, 6) is -4.37. The van der Waals surface area contributed by atoms with E-state index in [0.717, 1.165) is 31.7 Å². The van der Waals surface area contributed by atoms with Crippen LogP contribution in [0.25, 0.3) is 0 Å². The fraction of sp³-hybridized carbons (Fsp3) is 0.500. The molecule has 0 saturated heterocycles. The summed E-state index contributed by atoms with van der Waals surface area (Å²) in [6, 6.07) is 4.89. The van der Waals surface area contributed by atoms with Crippen LogP contribution < -0.4 is 5.32 Å². The molecule has 0 spiro atoms. The van der Waals surface area contributed by atoms with Crippen molar-refractivity contribution < 1.29 is 36.2 Å². The van der Waals surface area contributed by atoms with Crippen LogP contribution >= 0.6 is 11.6 Å². The highest BCUT2D eigenvalue weighted by Crippen LogP contribution is 2.46. The zero-order valence-electron chi connectivity index (χ0n) is 20.1. The van der Waals surface area contributed by atoms with Crippen molar-refractivity contribution in [3.63, 3.8) is 0 Å². The van der Waals surface area contributed by atoms with E-state index in [9.17, 15) is 31.5 Å². The Labute approximate surface area is 219 Å². The van der Waals surface area contributed by atoms with Crippen molar-refractivity contribution >= 4 is 33.0 Å². The van der Waals surface area contributed by atoms with Crippen LogP contribution in [-0.4, -0.2) is 44.5 Å². The number of sulfone groups is 1. The molecule has 0 radical (unpaired) electrons. The van der Waals surface area contributed by atoms with Gasteiger partial charge in [-0.1, -0.05) is 11.6 Å². The number of nitrogens with one attached hydrogen (secondary N) is 1. The second-order valence-corrected chi connectivity index (χ2v) is 12.3. The van der Waals surface area contributed by atoms with E-state index in [0.29, 0.717) is 49.3 Å². The fourth-order valence-corrected chi connectivity index (χ4v) is 7.40. The van der Waals surface area contributed by atoms with Crippen LogP contribution in [0.1, 0.15) is 48.9 Å². The highest BCUT2D eigenvalue weighted by molar-refractivity contribution is 7.91. The average molecular weight is 560 g/mol. The van der Waals surface area contributed by atoms with Gasteiger partial charge in [-0.2, -0.15) is 0 Å². The van der Waals surface area contributed by atoms with E-state index in [-0.39, 0.29) is 39.6 Å². The van der Waals surface area contributed by atoms with Crippen LogP contribution in [0.5, 0.6) is 0 Å². The van der Waals surface area contributed by atoms with Gasteiger partial charge in [0.05, 0.1) is 21.8 Å². The first-order valence-electron chi connectivity index (χ1n) is 12.3. The lowest BCUT2D eigenvalue weighted by Crippen LogP contribution is -2.34. The summed E-state index contributed by atoms with van der Waals surface area (Å²) in [5.41, 5.74) is -0.413. The number of halogens is 4. The van der Waals surface area contributed by atoms with E-state index >= 15 is 0 Å². The number of anilines is 1. The lowest BCUT2D eigenvalue weighted by Gasteiger charge is -2.34. The Morgan fingerprint density at radius 1 is 1.05 bits per heavy atom. The highest BCUT2D eigenvalue weighted by Gasteiger charge is 2.43. The number of aliphatic hydroxyl groups is 1. The van der Waals surface area contributed by atoms with Crippen LogP contribution in [0.2, 0.25) is 5.02 Å². The van der Waals surface area contributed by atoms with Crippen molar-refractivity contribution in [3.8, 4) is 0 Å². The molecule has 0 heterocycles. The average Bonchev–Trinajstić information content (AvgIpc) is 3.08. The summed E-state index contributed by atoms with van der Waals surface area (Å²) in [4.78, 5) is 12.3. The van der Waals surface area contributed by atoms with Crippen molar-refractivity contribution in [1.29, 1.82) is 0 Å². The van der Waals surface area contributed by atoms with Gasteiger partial charge in [0.2, 0.25) is 0 Å². The van der Waals surface area contributed by atoms with Crippen LogP contribution in [0, 0.1) is 35.2 Å². The number of benzene rings is 2. The molecule has 2 aliphatic rings. The number of hydrogen-bond acceptors (Lipinski definition) is 5. The van der Waals surface area contributed by atoms with E-state index in [2.05, 4.69) is 5.32 Å². The van der Waals surface area contributed by atoms with E-state index in [1.807, 2.05) is 0 Å². The van der Waals surface area contributed by atoms with Crippen LogP contribution in [0.15, 0.2) is 35.2 Å². The summed E-state index contributed by atoms with van der Waals surface area (Å²) >= 11 is 6.11. The molecule has 0 aromatic heterocycles. The Hall–Kier alpha value is -2.14. The largest absolute Gasteiger partial charge is 0.396 e. The van der Waals surface area contributed by atoms with Gasteiger partial charge in [-0.3, -0.25) is 4.79 Å². The van der Waals surface area contributed by atoms with Crippen molar-refractivity contribution in [2.24, 2.45) is 17.8 Å². The summed E-state index contributed by atoms with van der Waals surface area (Å²) < 4.78 is 72.0. The molecule has 2 aromatic rings. The lowest BCUT2D eigenvalue weighted by atomic mass is 9.79. The second kappa shape index (κ2) is 11.7. The van der Waals surface area contributed by atoms with Crippen LogP contribution in [0.4, 0.5) is 18.9 Å². The van der Waals surface area contributed by atoms with Gasteiger partial charge in [0, 0.05) is 36.6 Å². The van der Waals surface area contributed by atoms with E-state index in [4.69, 9.17) is 16.3 Å². The zero-order valence-corrected chi connectivity index (χ0v) is 21.6. The third-order valence-electron chi connectivity index (χ3n) is 7.26. The number of aliphatic hydroxyl groups excluding tert-OH is 1. The van der Waals surface area contributed by atoms with Gasteiger partial charge in [0.25, 0.3) is 5.91 Å². The molecular formula is C26H29ClF3NO5S. The minimum Gasteiger partial charge on any atom is -0.396 e. The number of ether oxygens (including phenoxy) is 1. The second-order valence-electron chi connectivity index (χ2n) is 9.83. The third kappa shape index (κ3) is 6.47. The van der Waals surface area contributed by atoms with Crippen LogP contribution in [-0.2, 0) is 14.6 Å². The first-order valence-corrected chi connectivity index (χ1v) is 14.3. The van der Waals surface area contributed by atoms with Gasteiger partial charge in [0.15, 0.2) is 27.3 Å². The summed E-state index contributed by atoms with van der Waals surface area (Å²) in [7, 11) is -3.83. The maximum Gasteiger partial charge on any atom is 0.255 e. The minimum atomic E-state index is -3.83. The third-order valence-corrected chi connectivity index (χ3v) is 9.53. The molecule has 4 atom stereocenters. The highest BCUT2D eigenvalue weighted by atomic mass is 35.5. The molecule has 4 rings (SSSR count). The summed E-state index contributed by atoms with van der Waals surface area (Å²) in [6.45, 7) is 0.657. The number of unbranched alkanes of at least 4 members (excludes halogenated alkanes) is 1. The number of hydrogen-bond donors (Lipinski definition) is 2. The minimum absolute atomic E-state index is 0.0520. The van der Waals surface area contributed by atoms with E-state index < -0.39 is 33.2 Å². The number of rotatable bonds is 10. The standard InChI is InChI=1S/C26H29ClF3NO5S/c27-20-6-5-18(26(33)31-19-12-21(28)24(30)22(29)13-19)11-23(20)37(34,35)8-2-1-7-36-25-16-3-4-17(25)10-15(9-16)14-32/h5-6,11-13,15-17,25,32H,1-4,7-10,14H2,(H,31,33)/t15?,16-,17?,25?/m0/s1. The number of carbonyl (C=O) groups excluding carboxylic acids is 1. The Morgan fingerprint density at radius 2 is 1.70 bits per heavy atom. The molecule has 6 nitrogen and oxygen atoms in total. The first-order chi connectivity index (χ1) is 17.6. The topological polar surface area (TPSA) is 92.7 Å². The summed E-state index contributed by atoms with van der Waals surface area (Å²) in [6.07, 6.45) is 5.20.